The summed E-state index contributed by atoms with van der Waals surface area (Å²) in [6, 6.07) is 0. The van der Waals surface area contributed by atoms with Crippen LogP contribution in [-0.2, 0) is 0 Å². The molecule has 180 valence electrons. The molecule has 50 heteroatoms. The first kappa shape index (κ1) is 321. The van der Waals surface area contributed by atoms with E-state index >= 15 is 0 Å². The maximum absolute atomic E-state index is 6.47. The van der Waals surface area contributed by atoms with Crippen LogP contribution in [0.15, 0.2) is 0 Å². The van der Waals surface area contributed by atoms with Crippen LogP contribution in [0.1, 0.15) is 48.5 Å². The van der Waals surface area contributed by atoms with Crippen molar-refractivity contribution in [1.29, 1.82) is 0 Å². The van der Waals surface area contributed by atoms with Crippen LogP contribution in [0.3, 0.4) is 0 Å². The summed E-state index contributed by atoms with van der Waals surface area (Å²) in [7, 11) is 0. The minimum atomic E-state index is 0. The molecule has 0 saturated heterocycles. The second kappa shape index (κ2) is 463. The minimum Gasteiger partial charge on any atom is -1.00 e. The van der Waals surface area contributed by atoms with E-state index in [0.29, 0.717) is 0 Å². The number of hydrogen-bond donors (Lipinski definition) is 8. The first-order chi connectivity index (χ1) is 8.00. The number of halogens is 8. The van der Waals surface area contributed by atoms with Crippen LogP contribution >= 0.6 is 94.9 Å². The minimum absolute atomic E-state index is 0. The fourth-order valence-corrected chi connectivity index (χ4v) is 0. The Bertz CT molecular complexity index is 143. The van der Waals surface area contributed by atoms with Crippen LogP contribution in [0.4, 0.5) is 0 Å². The van der Waals surface area contributed by atoms with Gasteiger partial charge in [-0.25, -0.2) is 0 Å². The molecule has 0 aromatic rings. The Hall–Kier alpha value is 36.0. The van der Waals surface area contributed by atoms with Crippen molar-refractivity contribution < 1.29 is 1090 Å². The van der Waals surface area contributed by atoms with E-state index in [9.17, 15) is 0 Å². The largest absolute Gasteiger partial charge is 1.00 e. The molecule has 0 aliphatic rings. The van der Waals surface area contributed by atoms with Gasteiger partial charge in [-0.2, -0.15) is 0 Å². The third kappa shape index (κ3) is 447. The van der Waals surface area contributed by atoms with Gasteiger partial charge in [-0.1, -0.05) is 0 Å². The van der Waals surface area contributed by atoms with Crippen molar-refractivity contribution in [1.82, 2.24) is 0 Å². The summed E-state index contributed by atoms with van der Waals surface area (Å²) in [5.74, 6) is 0. The molecule has 0 spiro atoms. The van der Waals surface area contributed by atoms with Crippen LogP contribution in [0.25, 0.3) is 0 Å². The molecule has 0 rings (SSSR count). The smallest absolute Gasteiger partial charge is 1.00 e. The second-order valence-corrected chi connectivity index (χ2v) is 0. The first-order valence-electron chi connectivity index (χ1n) is 1.35. The first-order valence-corrected chi connectivity index (χ1v) is 4.06. The number of rotatable bonds is 0. The third-order valence-electron chi connectivity index (χ3n) is 0. The molecule has 0 saturated carbocycles. The van der Waals surface area contributed by atoms with Gasteiger partial charge in [0.1, 0.15) is 0 Å². The van der Waals surface area contributed by atoms with Gasteiger partial charge >= 0.3 is 1000 Å². The monoisotopic (exact) mass is 1230 g/mol. The molecular weight excluding hydrogens is 1190 g/mol. The third-order valence-corrected chi connectivity index (χ3v) is 0. The zero-order valence-electron chi connectivity index (χ0n) is 74.6. The van der Waals surface area contributed by atoms with Crippen molar-refractivity contribution in [3.63, 3.8) is 0 Å². The normalized spacial score (nSPS) is 0.960. The molecule has 0 atom stereocenters. The van der Waals surface area contributed by atoms with Gasteiger partial charge in [-0.05, 0) is 0 Å². The van der Waals surface area contributed by atoms with Crippen molar-refractivity contribution in [2.75, 3.05) is 0 Å². The van der Waals surface area contributed by atoms with Crippen LogP contribution in [0.5, 0.6) is 0 Å². The van der Waals surface area contributed by atoms with E-state index in [0.717, 1.165) is 0 Å². The molecular formula is H42Cl8Na34O8. The molecule has 8 nitrogen and oxygen atoms in total. The molecule has 0 aliphatic heterocycles. The van der Waals surface area contributed by atoms with Gasteiger partial charge in [0.05, 0.1) is 94.9 Å². The Labute approximate surface area is 1150 Å². The van der Waals surface area contributed by atoms with Crippen molar-refractivity contribution >= 4 is 94.9 Å². The van der Waals surface area contributed by atoms with Gasteiger partial charge in [0.25, 0.3) is 0 Å². The van der Waals surface area contributed by atoms with Gasteiger partial charge in [-0.15, -0.1) is 0 Å². The van der Waals surface area contributed by atoms with Crippen molar-refractivity contribution in [3.05, 3.63) is 0 Å². The zero-order chi connectivity index (χ0) is 16.0. The molecule has 0 aliphatic carbocycles. The van der Waals surface area contributed by atoms with E-state index in [4.69, 9.17) is 37.3 Å². The average Bonchev–Trinajstić information content (AvgIpc) is 2.54. The SMILES string of the molecule is OCl.OCl.OCl.OCl.OCl.OCl.OCl.OCl.[H-].[H-].[H-].[H-].[H-].[H-].[H-].[H-].[H-].[H-].[H-].[H-].[H-].[H-].[H-].[H-].[H-].[H-].[H-].[H-].[H-].[H-].[H-].[H-].[H-].[H-].[H-].[H-].[H-].[H-].[H-].[H-].[H-].[H-].[Na+].[Na+].[Na+].[Na+].[Na+].[Na+].[Na+].[Na+].[Na+].[Na+].[Na+].[Na+].[Na+].[Na+].[Na+].[Na+].[Na+].[Na+].[Na+].[Na+].[Na+].[Na+].[Na+].[Na+].[Na+].[Na+].[Na+].[Na+].[Na+].[Na+].[Na+].[Na+].[Na+].[Na+]. The van der Waals surface area contributed by atoms with Crippen LogP contribution in [0.2, 0.25) is 0 Å². The average molecular weight is 1240 g/mol. The summed E-state index contributed by atoms with van der Waals surface area (Å²) in [4.78, 5) is 0. The topological polar surface area (TPSA) is 162 Å². The number of hydrogen-bond acceptors (Lipinski definition) is 8. The molecule has 8 N–H and O–H groups in total. The van der Waals surface area contributed by atoms with Gasteiger partial charge in [0, 0.05) is 0 Å². The predicted octanol–water partition coefficient (Wildman–Crippen LogP) is -97.0. The predicted molar refractivity (Wildman–Crippen MR) is 102 cm³/mol. The Balaban J connectivity index is -0.000000000105. The molecule has 0 aromatic carbocycles. The molecule has 0 radical (unpaired) electrons. The van der Waals surface area contributed by atoms with Gasteiger partial charge in [0.15, 0.2) is 0 Å². The Morgan fingerprint density at radius 2 is 0.100 bits per heavy atom. The fraction of sp³-hybridized carbons (Fsp3) is 0. The Kier molecular flexibility index (Phi) is 2970. The van der Waals surface area contributed by atoms with E-state index < -0.39 is 0 Å². The van der Waals surface area contributed by atoms with Crippen LogP contribution < -0.4 is 1000 Å². The Morgan fingerprint density at radius 3 is 0.100 bits per heavy atom. The van der Waals surface area contributed by atoms with E-state index in [1.54, 1.807) is 0 Å². The van der Waals surface area contributed by atoms with Crippen molar-refractivity contribution in [2.45, 2.75) is 0 Å². The molecule has 0 aromatic heterocycles. The molecule has 0 fully saturated rings. The molecule has 0 heterocycles. The van der Waals surface area contributed by atoms with Gasteiger partial charge in [0.2, 0.25) is 0 Å². The van der Waals surface area contributed by atoms with E-state index in [1.807, 2.05) is 0 Å². The summed E-state index contributed by atoms with van der Waals surface area (Å²) in [6.07, 6.45) is 0. The van der Waals surface area contributed by atoms with Crippen LogP contribution in [-0.4, -0.2) is 37.3 Å². The van der Waals surface area contributed by atoms with E-state index in [1.165, 1.54) is 0 Å². The fourth-order valence-electron chi connectivity index (χ4n) is 0. The zero-order valence-corrected chi connectivity index (χ0v) is 115. The van der Waals surface area contributed by atoms with Crippen molar-refractivity contribution in [3.8, 4) is 0 Å². The summed E-state index contributed by atoms with van der Waals surface area (Å²) < 4.78 is 51.8. The summed E-state index contributed by atoms with van der Waals surface area (Å²) in [5.41, 5.74) is 0. The standard InChI is InChI=1S/8ClHO.34Na.34H/c8*1-2;;;;;;;;;;;;;;;;;;;;;;;;;;;;;;;;;;;;;;;;;;;;;;;;;;;;;;;;;;;;;;;;;;;;/h8*2H;;;;;;;;;;;;;;;;;;;;;;;;;;;;;;;;;;;;;;;;;;;;;;;;;;;;;;;;;;;;;;;;;;;;/q;;;;;;;;34*+1;34*-1. The second-order valence-electron chi connectivity index (χ2n) is 0. The van der Waals surface area contributed by atoms with Crippen molar-refractivity contribution in [2.24, 2.45) is 0 Å². The van der Waals surface area contributed by atoms with E-state index in [-0.39, 0.29) is 1050 Å². The molecule has 0 bridgehead atoms. The van der Waals surface area contributed by atoms with Crippen LogP contribution in [0, 0.1) is 0 Å². The molecule has 0 unspecified atom stereocenters. The maximum Gasteiger partial charge on any atom is 1.00 e. The maximum atomic E-state index is 6.47. The van der Waals surface area contributed by atoms with Gasteiger partial charge < -0.3 is 48.5 Å². The molecule has 0 amide bonds. The molecule has 50 heavy (non-hydrogen) atoms. The van der Waals surface area contributed by atoms with Gasteiger partial charge in [-0.3, -0.25) is 37.3 Å². The van der Waals surface area contributed by atoms with E-state index in [2.05, 4.69) is 94.9 Å². The summed E-state index contributed by atoms with van der Waals surface area (Å²) in [6.45, 7) is 0. The quantitative estimate of drug-likeness (QED) is 0.111. The Morgan fingerprint density at radius 1 is 0.100 bits per heavy atom. The summed E-state index contributed by atoms with van der Waals surface area (Å²) >= 11 is 29.1. The summed E-state index contributed by atoms with van der Waals surface area (Å²) in [5, 5.41) is 0.